The van der Waals surface area contributed by atoms with Gasteiger partial charge in [-0.05, 0) is 49.7 Å². The zero-order chi connectivity index (χ0) is 18.4. The summed E-state index contributed by atoms with van der Waals surface area (Å²) in [5.41, 5.74) is 3.20. The normalized spacial score (nSPS) is 10.4. The maximum Gasteiger partial charge on any atom is 0.234 e. The number of benzene rings is 2. The van der Waals surface area contributed by atoms with Crippen LogP contribution in [0.2, 0.25) is 5.02 Å². The van der Waals surface area contributed by atoms with Crippen LogP contribution in [0, 0.1) is 6.92 Å². The van der Waals surface area contributed by atoms with Crippen molar-refractivity contribution < 1.29 is 14.3 Å². The van der Waals surface area contributed by atoms with Gasteiger partial charge in [0, 0.05) is 27.6 Å². The summed E-state index contributed by atoms with van der Waals surface area (Å²) in [6, 6.07) is 10.7. The Morgan fingerprint density at radius 2 is 1.96 bits per heavy atom. The molecule has 25 heavy (non-hydrogen) atoms. The first-order valence-corrected chi connectivity index (χ1v) is 9.25. The quantitative estimate of drug-likeness (QED) is 0.708. The molecule has 2 rings (SSSR count). The molecule has 0 atom stereocenters. The van der Waals surface area contributed by atoms with Crippen molar-refractivity contribution >= 4 is 40.7 Å². The van der Waals surface area contributed by atoms with Gasteiger partial charge in [-0.25, -0.2) is 0 Å². The van der Waals surface area contributed by atoms with Crippen molar-refractivity contribution in [3.8, 4) is 5.75 Å². The predicted octanol–water partition coefficient (Wildman–Crippen LogP) is 4.73. The largest absolute Gasteiger partial charge is 0.496 e. The number of anilines is 1. The van der Waals surface area contributed by atoms with Crippen LogP contribution in [-0.2, 0) is 10.5 Å². The van der Waals surface area contributed by atoms with Crippen LogP contribution in [0.5, 0.6) is 5.75 Å². The molecule has 6 heteroatoms. The van der Waals surface area contributed by atoms with Crippen LogP contribution < -0.4 is 10.1 Å². The summed E-state index contributed by atoms with van der Waals surface area (Å²) < 4.78 is 5.32. The minimum atomic E-state index is -0.0999. The molecule has 0 unspecified atom stereocenters. The molecular formula is C19H20ClNO3S. The number of thioether (sulfide) groups is 1. The summed E-state index contributed by atoms with van der Waals surface area (Å²) in [6.45, 7) is 3.44. The number of carbonyl (C=O) groups excluding carboxylic acids is 2. The van der Waals surface area contributed by atoms with Crippen molar-refractivity contribution in [2.75, 3.05) is 18.2 Å². The number of ketones is 1. The fourth-order valence-electron chi connectivity index (χ4n) is 2.28. The highest BCUT2D eigenvalue weighted by atomic mass is 35.5. The Hall–Kier alpha value is -1.98. The maximum atomic E-state index is 12.1. The molecule has 132 valence electrons. The number of nitrogens with one attached hydrogen (secondary N) is 1. The van der Waals surface area contributed by atoms with Crippen molar-refractivity contribution in [3.05, 3.63) is 58.1 Å². The highest BCUT2D eigenvalue weighted by molar-refractivity contribution is 7.99. The first kappa shape index (κ1) is 19.3. The number of ether oxygens (including phenoxy) is 1. The Kier molecular flexibility index (Phi) is 6.91. The van der Waals surface area contributed by atoms with Crippen LogP contribution >= 0.6 is 23.4 Å². The van der Waals surface area contributed by atoms with E-state index in [1.54, 1.807) is 31.4 Å². The van der Waals surface area contributed by atoms with E-state index in [2.05, 4.69) is 5.32 Å². The molecule has 0 aliphatic carbocycles. The third-order valence-electron chi connectivity index (χ3n) is 3.65. The van der Waals surface area contributed by atoms with Gasteiger partial charge in [-0.3, -0.25) is 9.59 Å². The lowest BCUT2D eigenvalue weighted by Crippen LogP contribution is -2.15. The molecule has 4 nitrogen and oxygen atoms in total. The Morgan fingerprint density at radius 3 is 2.64 bits per heavy atom. The Balaban J connectivity index is 1.96. The first-order chi connectivity index (χ1) is 11.9. The molecule has 0 bridgehead atoms. The smallest absolute Gasteiger partial charge is 0.234 e. The number of carbonyl (C=O) groups is 2. The lowest BCUT2D eigenvalue weighted by molar-refractivity contribution is -0.113. The average molecular weight is 378 g/mol. The predicted molar refractivity (Wildman–Crippen MR) is 104 cm³/mol. The minimum absolute atomic E-state index is 0.00285. The van der Waals surface area contributed by atoms with Gasteiger partial charge in [0.25, 0.3) is 0 Å². The van der Waals surface area contributed by atoms with Gasteiger partial charge in [0.15, 0.2) is 5.78 Å². The number of methoxy groups -OCH3 is 1. The molecule has 2 aromatic carbocycles. The monoisotopic (exact) mass is 377 g/mol. The number of hydrogen-bond acceptors (Lipinski definition) is 4. The molecule has 0 aliphatic rings. The van der Waals surface area contributed by atoms with Gasteiger partial charge in [-0.2, -0.15) is 0 Å². The molecule has 0 radical (unpaired) electrons. The second-order valence-electron chi connectivity index (χ2n) is 5.58. The van der Waals surface area contributed by atoms with E-state index in [1.807, 2.05) is 19.1 Å². The second kappa shape index (κ2) is 8.92. The van der Waals surface area contributed by atoms with Crippen molar-refractivity contribution in [1.29, 1.82) is 0 Å². The Morgan fingerprint density at radius 1 is 1.20 bits per heavy atom. The van der Waals surface area contributed by atoms with Crippen LogP contribution in [0.25, 0.3) is 0 Å². The highest BCUT2D eigenvalue weighted by Gasteiger charge is 2.10. The number of Topliss-reactive ketones (excluding diaryl/α,β-unsaturated/α-hetero) is 1. The molecule has 1 amide bonds. The number of aryl methyl sites for hydroxylation is 1. The van der Waals surface area contributed by atoms with Gasteiger partial charge >= 0.3 is 0 Å². The van der Waals surface area contributed by atoms with Gasteiger partial charge in [0.1, 0.15) is 5.75 Å². The SMILES string of the molecule is COc1ccc(C(C)=O)cc1CSCC(=O)Nc1cc(Cl)ccc1C. The topological polar surface area (TPSA) is 55.4 Å². The molecule has 0 saturated heterocycles. The van der Waals surface area contributed by atoms with E-state index in [4.69, 9.17) is 16.3 Å². The number of halogens is 1. The summed E-state index contributed by atoms with van der Waals surface area (Å²) in [7, 11) is 1.59. The van der Waals surface area contributed by atoms with Crippen LogP contribution in [0.15, 0.2) is 36.4 Å². The van der Waals surface area contributed by atoms with Gasteiger partial charge in [-0.15, -0.1) is 11.8 Å². The minimum Gasteiger partial charge on any atom is -0.496 e. The zero-order valence-electron chi connectivity index (χ0n) is 14.4. The first-order valence-electron chi connectivity index (χ1n) is 7.72. The van der Waals surface area contributed by atoms with Crippen molar-refractivity contribution in [2.45, 2.75) is 19.6 Å². The molecule has 0 fully saturated rings. The van der Waals surface area contributed by atoms with E-state index in [9.17, 15) is 9.59 Å². The van der Waals surface area contributed by atoms with E-state index in [-0.39, 0.29) is 11.7 Å². The summed E-state index contributed by atoms with van der Waals surface area (Å²) in [4.78, 5) is 23.7. The molecule has 0 aromatic heterocycles. The maximum absolute atomic E-state index is 12.1. The lowest BCUT2D eigenvalue weighted by atomic mass is 10.1. The van der Waals surface area contributed by atoms with E-state index in [1.165, 1.54) is 18.7 Å². The second-order valence-corrected chi connectivity index (χ2v) is 7.01. The molecule has 2 aromatic rings. The fraction of sp³-hybridized carbons (Fsp3) is 0.263. The third-order valence-corrected chi connectivity index (χ3v) is 4.87. The Bertz CT molecular complexity index is 792. The number of amides is 1. The summed E-state index contributed by atoms with van der Waals surface area (Å²) in [5.74, 6) is 1.48. The molecule has 1 N–H and O–H groups in total. The lowest BCUT2D eigenvalue weighted by Gasteiger charge is -2.11. The average Bonchev–Trinajstić information content (AvgIpc) is 2.58. The van der Waals surface area contributed by atoms with Crippen LogP contribution in [0.4, 0.5) is 5.69 Å². The van der Waals surface area contributed by atoms with Gasteiger partial charge in [-0.1, -0.05) is 17.7 Å². The van der Waals surface area contributed by atoms with Crippen LogP contribution in [0.1, 0.15) is 28.4 Å². The van der Waals surface area contributed by atoms with E-state index < -0.39 is 0 Å². The van der Waals surface area contributed by atoms with Gasteiger partial charge < -0.3 is 10.1 Å². The number of hydrogen-bond donors (Lipinski definition) is 1. The highest BCUT2D eigenvalue weighted by Crippen LogP contribution is 2.25. The van der Waals surface area contributed by atoms with E-state index in [0.717, 1.165) is 11.1 Å². The standard InChI is InChI=1S/C19H20ClNO3S/c1-12-4-6-16(20)9-17(12)21-19(23)11-25-10-15-8-14(13(2)22)5-7-18(15)24-3/h4-9H,10-11H2,1-3H3,(H,21,23). The van der Waals surface area contributed by atoms with Crippen molar-refractivity contribution in [3.63, 3.8) is 0 Å². The number of rotatable bonds is 7. The molecule has 0 aliphatic heterocycles. The third kappa shape index (κ3) is 5.51. The van der Waals surface area contributed by atoms with E-state index >= 15 is 0 Å². The van der Waals surface area contributed by atoms with Crippen LogP contribution in [0.3, 0.4) is 0 Å². The molecule has 0 heterocycles. The van der Waals surface area contributed by atoms with Crippen LogP contribution in [-0.4, -0.2) is 24.6 Å². The zero-order valence-corrected chi connectivity index (χ0v) is 16.0. The van der Waals surface area contributed by atoms with Gasteiger partial charge in [0.2, 0.25) is 5.91 Å². The van der Waals surface area contributed by atoms with E-state index in [0.29, 0.717) is 33.5 Å². The van der Waals surface area contributed by atoms with Gasteiger partial charge in [0.05, 0.1) is 12.9 Å². The Labute approximate surface area is 156 Å². The van der Waals surface area contributed by atoms with Crippen molar-refractivity contribution in [2.24, 2.45) is 0 Å². The van der Waals surface area contributed by atoms with Crippen molar-refractivity contribution in [1.82, 2.24) is 0 Å². The molecular weight excluding hydrogens is 358 g/mol. The molecule has 0 spiro atoms. The fourth-order valence-corrected chi connectivity index (χ4v) is 3.26. The summed E-state index contributed by atoms with van der Waals surface area (Å²) >= 11 is 7.42. The summed E-state index contributed by atoms with van der Waals surface area (Å²) in [5, 5.41) is 3.45. The summed E-state index contributed by atoms with van der Waals surface area (Å²) in [6.07, 6.45) is 0. The molecule has 0 saturated carbocycles.